The molecule has 0 aliphatic carbocycles. The van der Waals surface area contributed by atoms with Crippen molar-refractivity contribution in [3.8, 4) is 0 Å². The lowest BCUT2D eigenvalue weighted by atomic mass is 9.89. The van der Waals surface area contributed by atoms with Crippen LogP contribution in [0, 0.1) is 11.8 Å². The molecule has 1 aliphatic heterocycles. The summed E-state index contributed by atoms with van der Waals surface area (Å²) in [6.07, 6.45) is 3.82. The van der Waals surface area contributed by atoms with E-state index in [1.807, 2.05) is 13.8 Å². The van der Waals surface area contributed by atoms with Gasteiger partial charge in [-0.05, 0) is 30.9 Å². The topological polar surface area (TPSA) is 82.6 Å². The van der Waals surface area contributed by atoms with E-state index in [-0.39, 0.29) is 30.1 Å². The second kappa shape index (κ2) is 9.48. The highest BCUT2D eigenvalue weighted by atomic mass is 16.2. The Morgan fingerprint density at radius 1 is 1.33 bits per heavy atom. The van der Waals surface area contributed by atoms with Crippen molar-refractivity contribution < 1.29 is 14.4 Å². The summed E-state index contributed by atoms with van der Waals surface area (Å²) in [6.45, 7) is 5.43. The minimum absolute atomic E-state index is 0.0592. The highest BCUT2D eigenvalue weighted by molar-refractivity contribution is 5.94. The van der Waals surface area contributed by atoms with Gasteiger partial charge in [-0.2, -0.15) is 0 Å². The van der Waals surface area contributed by atoms with Gasteiger partial charge in [0.15, 0.2) is 0 Å². The number of carbonyl (C=O) groups excluding carboxylic acids is 3. The predicted octanol–water partition coefficient (Wildman–Crippen LogP) is 1.73. The van der Waals surface area contributed by atoms with Gasteiger partial charge >= 0.3 is 0 Å². The first-order chi connectivity index (χ1) is 12.8. The molecule has 7 heteroatoms. The van der Waals surface area contributed by atoms with Gasteiger partial charge in [-0.15, -0.1) is 0 Å². The standard InChI is InChI=1S/C20H30N4O3/c1-14(2)10-17(25)16-6-5-9-24(12-16)20(27)15-7-8-18(22-11-15)23(4)13-19(26)21-3/h7-8,11,14,16H,5-6,9-10,12-13H2,1-4H3,(H,21,26). The van der Waals surface area contributed by atoms with Crippen LogP contribution in [0.25, 0.3) is 0 Å². The van der Waals surface area contributed by atoms with Crippen molar-refractivity contribution >= 4 is 23.4 Å². The molecule has 7 nitrogen and oxygen atoms in total. The zero-order valence-corrected chi connectivity index (χ0v) is 16.7. The van der Waals surface area contributed by atoms with Crippen LogP contribution >= 0.6 is 0 Å². The van der Waals surface area contributed by atoms with Crippen molar-refractivity contribution in [2.75, 3.05) is 38.6 Å². The second-order valence-corrected chi connectivity index (χ2v) is 7.59. The predicted molar refractivity (Wildman–Crippen MR) is 105 cm³/mol. The third kappa shape index (κ3) is 5.77. The first-order valence-electron chi connectivity index (χ1n) is 9.51. The Bertz CT molecular complexity index is 672. The Labute approximate surface area is 161 Å². The summed E-state index contributed by atoms with van der Waals surface area (Å²) in [7, 11) is 3.36. The molecular formula is C20H30N4O3. The summed E-state index contributed by atoms with van der Waals surface area (Å²) in [5.74, 6) is 0.962. The normalized spacial score (nSPS) is 16.9. The lowest BCUT2D eigenvalue weighted by molar-refractivity contribution is -0.125. The number of anilines is 1. The fourth-order valence-electron chi connectivity index (χ4n) is 3.29. The van der Waals surface area contributed by atoms with E-state index in [1.54, 1.807) is 36.0 Å². The van der Waals surface area contributed by atoms with E-state index in [9.17, 15) is 14.4 Å². The van der Waals surface area contributed by atoms with Crippen LogP contribution in [-0.2, 0) is 9.59 Å². The molecule has 2 heterocycles. The molecular weight excluding hydrogens is 344 g/mol. The fourth-order valence-corrected chi connectivity index (χ4v) is 3.29. The number of rotatable bonds is 7. The van der Waals surface area contributed by atoms with Crippen molar-refractivity contribution in [1.82, 2.24) is 15.2 Å². The third-order valence-corrected chi connectivity index (χ3v) is 4.82. The van der Waals surface area contributed by atoms with Gasteiger partial charge in [-0.1, -0.05) is 13.8 Å². The molecule has 2 rings (SSSR count). The molecule has 0 spiro atoms. The van der Waals surface area contributed by atoms with E-state index in [0.29, 0.717) is 36.8 Å². The smallest absolute Gasteiger partial charge is 0.255 e. The molecule has 1 atom stereocenters. The van der Waals surface area contributed by atoms with Gasteiger partial charge in [-0.3, -0.25) is 14.4 Å². The Morgan fingerprint density at radius 2 is 2.07 bits per heavy atom. The molecule has 1 unspecified atom stereocenters. The van der Waals surface area contributed by atoms with Gasteiger partial charge in [0.2, 0.25) is 5.91 Å². The number of amides is 2. The Kier molecular flexibility index (Phi) is 7.33. The van der Waals surface area contributed by atoms with Gasteiger partial charge in [0.25, 0.3) is 5.91 Å². The van der Waals surface area contributed by atoms with E-state index in [1.165, 1.54) is 6.20 Å². The molecule has 0 aromatic carbocycles. The molecule has 0 saturated carbocycles. The van der Waals surface area contributed by atoms with Gasteiger partial charge in [0.05, 0.1) is 12.1 Å². The van der Waals surface area contributed by atoms with Crippen LogP contribution in [0.15, 0.2) is 18.3 Å². The first kappa shape index (κ1) is 20.9. The SMILES string of the molecule is CNC(=O)CN(C)c1ccc(C(=O)N2CCCC(C(=O)CC(C)C)C2)cn1. The number of likely N-dealkylation sites (N-methyl/N-ethyl adjacent to an activating group) is 2. The summed E-state index contributed by atoms with van der Waals surface area (Å²) < 4.78 is 0. The summed E-state index contributed by atoms with van der Waals surface area (Å²) in [6, 6.07) is 3.46. The van der Waals surface area contributed by atoms with Crippen molar-refractivity contribution in [3.63, 3.8) is 0 Å². The number of pyridine rings is 1. The molecule has 2 amide bonds. The third-order valence-electron chi connectivity index (χ3n) is 4.82. The van der Waals surface area contributed by atoms with Crippen LogP contribution in [0.3, 0.4) is 0 Å². The number of nitrogens with one attached hydrogen (secondary N) is 1. The minimum atomic E-state index is -0.107. The van der Waals surface area contributed by atoms with E-state index < -0.39 is 0 Å². The second-order valence-electron chi connectivity index (χ2n) is 7.59. The monoisotopic (exact) mass is 374 g/mol. The van der Waals surface area contributed by atoms with Gasteiger partial charge in [-0.25, -0.2) is 4.98 Å². The molecule has 1 fully saturated rings. The zero-order valence-electron chi connectivity index (χ0n) is 16.7. The van der Waals surface area contributed by atoms with E-state index in [0.717, 1.165) is 12.8 Å². The van der Waals surface area contributed by atoms with Gasteiger partial charge in [0, 0.05) is 45.7 Å². The molecule has 1 aromatic rings. The van der Waals surface area contributed by atoms with E-state index in [4.69, 9.17) is 0 Å². The van der Waals surface area contributed by atoms with Gasteiger partial charge in [0.1, 0.15) is 11.6 Å². The number of ketones is 1. The van der Waals surface area contributed by atoms with Crippen LogP contribution in [0.5, 0.6) is 0 Å². The molecule has 0 bridgehead atoms. The van der Waals surface area contributed by atoms with Crippen molar-refractivity contribution in [2.24, 2.45) is 11.8 Å². The van der Waals surface area contributed by atoms with Crippen molar-refractivity contribution in [2.45, 2.75) is 33.1 Å². The summed E-state index contributed by atoms with van der Waals surface area (Å²) in [5, 5.41) is 2.57. The average Bonchev–Trinajstić information content (AvgIpc) is 2.67. The highest BCUT2D eigenvalue weighted by Gasteiger charge is 2.29. The number of aromatic nitrogens is 1. The average molecular weight is 374 g/mol. The number of Topliss-reactive ketones (excluding diaryl/α,β-unsaturated/α-hetero) is 1. The number of nitrogens with zero attached hydrogens (tertiary/aromatic N) is 3. The maximum atomic E-state index is 12.8. The minimum Gasteiger partial charge on any atom is -0.358 e. The number of likely N-dealkylation sites (tertiary alicyclic amines) is 1. The van der Waals surface area contributed by atoms with Crippen LogP contribution in [-0.4, -0.2) is 61.2 Å². The van der Waals surface area contributed by atoms with E-state index in [2.05, 4.69) is 10.3 Å². The van der Waals surface area contributed by atoms with Crippen LogP contribution in [0.1, 0.15) is 43.5 Å². The Balaban J connectivity index is 2.00. The lowest BCUT2D eigenvalue weighted by Gasteiger charge is -2.32. The maximum absolute atomic E-state index is 12.8. The zero-order chi connectivity index (χ0) is 20.0. The first-order valence-corrected chi connectivity index (χ1v) is 9.51. The number of hydrogen-bond donors (Lipinski definition) is 1. The van der Waals surface area contributed by atoms with Crippen LogP contribution in [0.4, 0.5) is 5.82 Å². The highest BCUT2D eigenvalue weighted by Crippen LogP contribution is 2.22. The van der Waals surface area contributed by atoms with Crippen LogP contribution in [0.2, 0.25) is 0 Å². The maximum Gasteiger partial charge on any atom is 0.255 e. The largest absolute Gasteiger partial charge is 0.358 e. The number of piperidine rings is 1. The quantitative estimate of drug-likeness (QED) is 0.786. The summed E-state index contributed by atoms with van der Waals surface area (Å²) in [5.41, 5.74) is 0.504. The molecule has 0 radical (unpaired) electrons. The molecule has 1 N–H and O–H groups in total. The molecule has 1 aliphatic rings. The molecule has 1 aromatic heterocycles. The molecule has 148 valence electrons. The summed E-state index contributed by atoms with van der Waals surface area (Å²) in [4.78, 5) is 44.4. The Morgan fingerprint density at radius 3 is 2.67 bits per heavy atom. The van der Waals surface area contributed by atoms with Crippen molar-refractivity contribution in [1.29, 1.82) is 0 Å². The van der Waals surface area contributed by atoms with Crippen LogP contribution < -0.4 is 10.2 Å². The van der Waals surface area contributed by atoms with Crippen molar-refractivity contribution in [3.05, 3.63) is 23.9 Å². The number of carbonyl (C=O) groups is 3. The summed E-state index contributed by atoms with van der Waals surface area (Å²) >= 11 is 0. The Hall–Kier alpha value is -2.44. The number of hydrogen-bond acceptors (Lipinski definition) is 5. The fraction of sp³-hybridized carbons (Fsp3) is 0.600. The molecule has 27 heavy (non-hydrogen) atoms. The van der Waals surface area contributed by atoms with Gasteiger partial charge < -0.3 is 15.1 Å². The van der Waals surface area contributed by atoms with E-state index >= 15 is 0 Å². The lowest BCUT2D eigenvalue weighted by Crippen LogP contribution is -2.42. The molecule has 1 saturated heterocycles.